The number of methoxy groups -OCH3 is 1. The van der Waals surface area contributed by atoms with Gasteiger partial charge in [-0.2, -0.15) is 0 Å². The minimum atomic E-state index is -0.0605. The Hall–Kier alpha value is -3.31. The highest BCUT2D eigenvalue weighted by Crippen LogP contribution is 2.26. The molecule has 1 heterocycles. The summed E-state index contributed by atoms with van der Waals surface area (Å²) in [6.07, 6.45) is 1.89. The van der Waals surface area contributed by atoms with Crippen LogP contribution >= 0.6 is 0 Å². The number of carbonyl (C=O) groups is 1. The zero-order valence-corrected chi connectivity index (χ0v) is 21.1. The number of ether oxygens (including phenoxy) is 1. The van der Waals surface area contributed by atoms with E-state index in [1.807, 2.05) is 41.3 Å². The molecule has 5 heteroatoms. The number of nitrogens with one attached hydrogen (secondary N) is 1. The molecule has 0 bridgehead atoms. The number of para-hydroxylation sites is 1. The van der Waals surface area contributed by atoms with Crippen molar-refractivity contribution in [3.8, 4) is 5.75 Å². The van der Waals surface area contributed by atoms with Gasteiger partial charge < -0.3 is 15.0 Å². The summed E-state index contributed by atoms with van der Waals surface area (Å²) in [7, 11) is 1.68. The summed E-state index contributed by atoms with van der Waals surface area (Å²) in [5.74, 6) is 1.27. The van der Waals surface area contributed by atoms with Gasteiger partial charge in [-0.1, -0.05) is 74.5 Å². The van der Waals surface area contributed by atoms with Crippen molar-refractivity contribution in [1.29, 1.82) is 0 Å². The second-order valence-corrected chi connectivity index (χ2v) is 9.64. The summed E-state index contributed by atoms with van der Waals surface area (Å²) in [5.41, 5.74) is 4.44. The number of nitrogens with zero attached hydrogens (tertiary/aromatic N) is 2. The quantitative estimate of drug-likeness (QED) is 0.407. The van der Waals surface area contributed by atoms with Gasteiger partial charge in [0.15, 0.2) is 0 Å². The third-order valence-electron chi connectivity index (χ3n) is 6.87. The van der Waals surface area contributed by atoms with E-state index >= 15 is 0 Å². The molecule has 35 heavy (non-hydrogen) atoms. The van der Waals surface area contributed by atoms with Gasteiger partial charge in [-0.25, -0.2) is 4.79 Å². The molecule has 0 atom stereocenters. The lowest BCUT2D eigenvalue weighted by Crippen LogP contribution is -2.48. The summed E-state index contributed by atoms with van der Waals surface area (Å²) in [5, 5.41) is 3.15. The normalized spacial score (nSPS) is 14.6. The van der Waals surface area contributed by atoms with Crippen LogP contribution in [0.4, 0.5) is 10.5 Å². The van der Waals surface area contributed by atoms with Crippen molar-refractivity contribution in [2.24, 2.45) is 0 Å². The fourth-order valence-corrected chi connectivity index (χ4v) is 4.76. The molecule has 0 aliphatic carbocycles. The highest BCUT2D eigenvalue weighted by atomic mass is 16.5. The minimum Gasteiger partial charge on any atom is -0.496 e. The van der Waals surface area contributed by atoms with E-state index < -0.39 is 0 Å². The lowest BCUT2D eigenvalue weighted by molar-refractivity contribution is 0.119. The third-order valence-corrected chi connectivity index (χ3v) is 6.87. The molecule has 1 fully saturated rings. The van der Waals surface area contributed by atoms with E-state index in [2.05, 4.69) is 66.5 Å². The second kappa shape index (κ2) is 11.9. The van der Waals surface area contributed by atoms with Gasteiger partial charge in [0, 0.05) is 36.9 Å². The van der Waals surface area contributed by atoms with Crippen LogP contribution in [0.2, 0.25) is 0 Å². The molecule has 1 aliphatic rings. The van der Waals surface area contributed by atoms with Gasteiger partial charge in [0.05, 0.1) is 13.7 Å². The molecule has 2 amide bonds. The lowest BCUT2D eigenvalue weighted by Gasteiger charge is -2.38. The molecule has 1 aliphatic heterocycles. The van der Waals surface area contributed by atoms with E-state index in [1.54, 1.807) is 7.11 Å². The number of anilines is 1. The molecule has 3 aromatic carbocycles. The molecule has 0 spiro atoms. The van der Waals surface area contributed by atoms with Crippen LogP contribution in [0, 0.1) is 0 Å². The van der Waals surface area contributed by atoms with Crippen molar-refractivity contribution >= 4 is 11.7 Å². The summed E-state index contributed by atoms with van der Waals surface area (Å²) in [4.78, 5) is 18.0. The maximum Gasteiger partial charge on any atom is 0.322 e. The van der Waals surface area contributed by atoms with E-state index in [4.69, 9.17) is 4.74 Å². The molecule has 184 valence electrons. The molecule has 3 aromatic rings. The van der Waals surface area contributed by atoms with E-state index in [0.717, 1.165) is 49.5 Å². The van der Waals surface area contributed by atoms with Gasteiger partial charge >= 0.3 is 6.03 Å². The van der Waals surface area contributed by atoms with Crippen molar-refractivity contribution in [3.63, 3.8) is 0 Å². The van der Waals surface area contributed by atoms with Gasteiger partial charge in [-0.05, 0) is 48.1 Å². The Labute approximate surface area is 209 Å². The number of hydrogen-bond donors (Lipinski definition) is 1. The predicted octanol–water partition coefficient (Wildman–Crippen LogP) is 6.52. The van der Waals surface area contributed by atoms with Crippen LogP contribution in [0.15, 0.2) is 78.9 Å². The van der Waals surface area contributed by atoms with Crippen molar-refractivity contribution in [3.05, 3.63) is 95.6 Å². The maximum absolute atomic E-state index is 13.6. The molecule has 0 unspecified atom stereocenters. The van der Waals surface area contributed by atoms with E-state index in [0.29, 0.717) is 12.5 Å². The van der Waals surface area contributed by atoms with Crippen LogP contribution in [0.25, 0.3) is 0 Å². The Morgan fingerprint density at radius 1 is 0.971 bits per heavy atom. The van der Waals surface area contributed by atoms with E-state index in [1.165, 1.54) is 11.1 Å². The van der Waals surface area contributed by atoms with E-state index in [9.17, 15) is 4.79 Å². The second-order valence-electron chi connectivity index (χ2n) is 9.64. The van der Waals surface area contributed by atoms with Crippen LogP contribution in [-0.4, -0.2) is 42.1 Å². The predicted molar refractivity (Wildman–Crippen MR) is 143 cm³/mol. The molecule has 0 saturated carbocycles. The number of hydrogen-bond acceptors (Lipinski definition) is 3. The van der Waals surface area contributed by atoms with Gasteiger partial charge in [-0.15, -0.1) is 0 Å². The number of urea groups is 1. The maximum atomic E-state index is 13.6. The van der Waals surface area contributed by atoms with Crippen molar-refractivity contribution in [2.75, 3.05) is 25.5 Å². The molecule has 5 nitrogen and oxygen atoms in total. The first-order chi connectivity index (χ1) is 17.0. The van der Waals surface area contributed by atoms with Gasteiger partial charge in [0.1, 0.15) is 5.75 Å². The molecule has 4 rings (SSSR count). The number of piperidine rings is 1. The average Bonchev–Trinajstić information content (AvgIpc) is 2.89. The van der Waals surface area contributed by atoms with Gasteiger partial charge in [0.25, 0.3) is 0 Å². The molecule has 1 N–H and O–H groups in total. The number of likely N-dealkylation sites (tertiary alicyclic amines) is 1. The first-order valence-corrected chi connectivity index (χ1v) is 12.6. The number of benzene rings is 3. The Kier molecular flexibility index (Phi) is 8.43. The first-order valence-electron chi connectivity index (χ1n) is 12.6. The van der Waals surface area contributed by atoms with Crippen LogP contribution < -0.4 is 10.1 Å². The van der Waals surface area contributed by atoms with Crippen LogP contribution in [0.3, 0.4) is 0 Å². The largest absolute Gasteiger partial charge is 0.496 e. The highest BCUT2D eigenvalue weighted by molar-refractivity contribution is 5.89. The SMILES string of the molecule is COc1ccccc1CN(C(=O)Nc1ccc(C(C)C)cc1)C1CCN(Cc2ccccc2)CC1. The smallest absolute Gasteiger partial charge is 0.322 e. The number of rotatable bonds is 8. The number of amides is 2. The van der Waals surface area contributed by atoms with Crippen molar-refractivity contribution in [1.82, 2.24) is 9.80 Å². The Morgan fingerprint density at radius 2 is 1.63 bits per heavy atom. The van der Waals surface area contributed by atoms with E-state index in [-0.39, 0.29) is 12.1 Å². The molecular formula is C30H37N3O2. The Bertz CT molecular complexity index is 1070. The number of carbonyl (C=O) groups excluding carboxylic acids is 1. The van der Waals surface area contributed by atoms with Crippen LogP contribution in [0.1, 0.15) is 49.3 Å². The Morgan fingerprint density at radius 3 is 2.29 bits per heavy atom. The van der Waals surface area contributed by atoms with Crippen LogP contribution in [0.5, 0.6) is 5.75 Å². The zero-order valence-electron chi connectivity index (χ0n) is 21.1. The standard InChI is InChI=1S/C30H37N3O2/c1-23(2)25-13-15-27(16-14-25)31-30(34)33(22-26-11-7-8-12-29(26)35-3)28-17-19-32(20-18-28)21-24-9-5-4-6-10-24/h4-16,23,28H,17-22H2,1-3H3,(H,31,34). The van der Waals surface area contributed by atoms with Crippen molar-refractivity contribution < 1.29 is 9.53 Å². The first kappa shape index (κ1) is 24.8. The summed E-state index contributed by atoms with van der Waals surface area (Å²) in [6.45, 7) is 7.76. The van der Waals surface area contributed by atoms with Gasteiger partial charge in [0.2, 0.25) is 0 Å². The summed E-state index contributed by atoms with van der Waals surface area (Å²) >= 11 is 0. The molecular weight excluding hydrogens is 434 g/mol. The lowest BCUT2D eigenvalue weighted by atomic mass is 10.0. The molecule has 1 saturated heterocycles. The summed E-state index contributed by atoms with van der Waals surface area (Å²) in [6, 6.07) is 26.8. The van der Waals surface area contributed by atoms with Crippen molar-refractivity contribution in [2.45, 2.75) is 51.7 Å². The van der Waals surface area contributed by atoms with Gasteiger partial charge in [-0.3, -0.25) is 4.90 Å². The average molecular weight is 472 g/mol. The third kappa shape index (κ3) is 6.64. The topological polar surface area (TPSA) is 44.8 Å². The Balaban J connectivity index is 1.47. The minimum absolute atomic E-state index is 0.0605. The fraction of sp³-hybridized carbons (Fsp3) is 0.367. The zero-order chi connectivity index (χ0) is 24.6. The summed E-state index contributed by atoms with van der Waals surface area (Å²) < 4.78 is 5.58. The molecule has 0 radical (unpaired) electrons. The monoisotopic (exact) mass is 471 g/mol. The highest BCUT2D eigenvalue weighted by Gasteiger charge is 2.29. The van der Waals surface area contributed by atoms with Crippen LogP contribution in [-0.2, 0) is 13.1 Å². The fourth-order valence-electron chi connectivity index (χ4n) is 4.76. The molecule has 0 aromatic heterocycles.